The summed E-state index contributed by atoms with van der Waals surface area (Å²) in [6, 6.07) is -0.0944. The number of esters is 1. The Bertz CT molecular complexity index is 403. The molecule has 0 unspecified atom stereocenters. The maximum Gasteiger partial charge on any atom is 0.410 e. The molecule has 2 rings (SSSR count). The van der Waals surface area contributed by atoms with Gasteiger partial charge in [0.15, 0.2) is 0 Å². The van der Waals surface area contributed by atoms with Crippen molar-refractivity contribution in [2.24, 2.45) is 5.92 Å². The fourth-order valence-corrected chi connectivity index (χ4v) is 2.95. The molecule has 0 N–H and O–H groups in total. The molecule has 1 amide bonds. The maximum absolute atomic E-state index is 12.3. The van der Waals surface area contributed by atoms with E-state index in [1.807, 2.05) is 20.8 Å². The van der Waals surface area contributed by atoms with Crippen molar-refractivity contribution in [3.63, 3.8) is 0 Å². The van der Waals surface area contributed by atoms with Crippen LogP contribution in [-0.2, 0) is 19.0 Å². The van der Waals surface area contributed by atoms with E-state index in [4.69, 9.17) is 14.2 Å². The van der Waals surface area contributed by atoms with Crippen molar-refractivity contribution in [2.75, 3.05) is 19.8 Å². The van der Waals surface area contributed by atoms with Gasteiger partial charge in [-0.05, 0) is 40.5 Å². The first-order chi connectivity index (χ1) is 9.81. The fourth-order valence-electron chi connectivity index (χ4n) is 2.95. The highest BCUT2D eigenvalue weighted by Crippen LogP contribution is 2.35. The topological polar surface area (TPSA) is 65.1 Å². The molecule has 6 heteroatoms. The Morgan fingerprint density at radius 2 is 2.00 bits per heavy atom. The molecule has 1 saturated heterocycles. The quantitative estimate of drug-likeness (QED) is 0.729. The SMILES string of the molecule is CCOC(=O)[C@@H]1C[C@@H]2OCCN(C(=O)OC(C)(C)C)[C@H]2C1. The van der Waals surface area contributed by atoms with Crippen LogP contribution in [0.4, 0.5) is 4.79 Å². The number of carbonyl (C=O) groups is 2. The number of morpholine rings is 1. The lowest BCUT2D eigenvalue weighted by atomic mass is 10.1. The Balaban J connectivity index is 2.02. The van der Waals surface area contributed by atoms with E-state index >= 15 is 0 Å². The normalized spacial score (nSPS) is 29.0. The lowest BCUT2D eigenvalue weighted by molar-refractivity contribution is -0.148. The summed E-state index contributed by atoms with van der Waals surface area (Å²) in [6.07, 6.45) is 0.775. The Hall–Kier alpha value is -1.30. The Labute approximate surface area is 125 Å². The van der Waals surface area contributed by atoms with Crippen molar-refractivity contribution in [1.29, 1.82) is 0 Å². The minimum absolute atomic E-state index is 0.0944. The third kappa shape index (κ3) is 3.87. The average molecular weight is 299 g/mol. The van der Waals surface area contributed by atoms with Crippen molar-refractivity contribution in [3.05, 3.63) is 0 Å². The molecule has 0 aromatic rings. The smallest absolute Gasteiger partial charge is 0.410 e. The molecule has 0 spiro atoms. The van der Waals surface area contributed by atoms with Crippen molar-refractivity contribution in [2.45, 2.75) is 58.3 Å². The van der Waals surface area contributed by atoms with Gasteiger partial charge in [0.2, 0.25) is 0 Å². The molecule has 1 saturated carbocycles. The molecule has 2 fully saturated rings. The third-order valence-electron chi connectivity index (χ3n) is 3.78. The van der Waals surface area contributed by atoms with Gasteiger partial charge in [0.1, 0.15) is 5.60 Å². The van der Waals surface area contributed by atoms with Crippen LogP contribution in [-0.4, -0.2) is 54.5 Å². The summed E-state index contributed by atoms with van der Waals surface area (Å²) in [5, 5.41) is 0. The summed E-state index contributed by atoms with van der Waals surface area (Å²) in [4.78, 5) is 25.9. The van der Waals surface area contributed by atoms with E-state index in [-0.39, 0.29) is 30.1 Å². The second-order valence-electron chi connectivity index (χ2n) is 6.57. The molecule has 120 valence electrons. The number of rotatable bonds is 2. The molecule has 0 radical (unpaired) electrons. The minimum atomic E-state index is -0.524. The van der Waals surface area contributed by atoms with E-state index in [9.17, 15) is 9.59 Å². The van der Waals surface area contributed by atoms with Crippen molar-refractivity contribution in [3.8, 4) is 0 Å². The summed E-state index contributed by atoms with van der Waals surface area (Å²) in [5.74, 6) is -0.386. The van der Waals surface area contributed by atoms with E-state index in [1.165, 1.54) is 0 Å². The summed E-state index contributed by atoms with van der Waals surface area (Å²) < 4.78 is 16.2. The van der Waals surface area contributed by atoms with Gasteiger partial charge in [-0.25, -0.2) is 4.79 Å². The highest BCUT2D eigenvalue weighted by Gasteiger charge is 2.46. The molecule has 0 aromatic heterocycles. The van der Waals surface area contributed by atoms with Crippen molar-refractivity contribution < 1.29 is 23.8 Å². The monoisotopic (exact) mass is 299 g/mol. The Morgan fingerprint density at radius 1 is 1.29 bits per heavy atom. The predicted octanol–water partition coefficient (Wildman–Crippen LogP) is 1.96. The Morgan fingerprint density at radius 3 is 2.62 bits per heavy atom. The second-order valence-corrected chi connectivity index (χ2v) is 6.57. The maximum atomic E-state index is 12.3. The van der Waals surface area contributed by atoms with Crippen LogP contribution in [0.1, 0.15) is 40.5 Å². The molecule has 2 aliphatic rings. The first-order valence-electron chi connectivity index (χ1n) is 7.59. The van der Waals surface area contributed by atoms with Crippen LogP contribution in [0, 0.1) is 5.92 Å². The molecule has 1 heterocycles. The zero-order chi connectivity index (χ0) is 15.6. The molecule has 3 atom stereocenters. The number of hydrogen-bond acceptors (Lipinski definition) is 5. The van der Waals surface area contributed by atoms with E-state index in [0.717, 1.165) is 0 Å². The second kappa shape index (κ2) is 6.22. The van der Waals surface area contributed by atoms with Crippen LogP contribution < -0.4 is 0 Å². The zero-order valence-corrected chi connectivity index (χ0v) is 13.3. The van der Waals surface area contributed by atoms with E-state index in [2.05, 4.69) is 0 Å². The highest BCUT2D eigenvalue weighted by atomic mass is 16.6. The van der Waals surface area contributed by atoms with E-state index in [0.29, 0.717) is 32.6 Å². The first kappa shape index (κ1) is 16.1. The summed E-state index contributed by atoms with van der Waals surface area (Å²) in [6.45, 7) is 8.70. The Kier molecular flexibility index (Phi) is 4.76. The van der Waals surface area contributed by atoms with Gasteiger partial charge in [-0.2, -0.15) is 0 Å². The van der Waals surface area contributed by atoms with Gasteiger partial charge in [-0.1, -0.05) is 0 Å². The van der Waals surface area contributed by atoms with Gasteiger partial charge in [0, 0.05) is 6.54 Å². The van der Waals surface area contributed by atoms with Crippen LogP contribution >= 0.6 is 0 Å². The van der Waals surface area contributed by atoms with Gasteiger partial charge in [0.25, 0.3) is 0 Å². The van der Waals surface area contributed by atoms with Crippen LogP contribution in [0.15, 0.2) is 0 Å². The van der Waals surface area contributed by atoms with Gasteiger partial charge in [0.05, 0.1) is 31.3 Å². The summed E-state index contributed by atoms with van der Waals surface area (Å²) >= 11 is 0. The number of fused-ring (bicyclic) bond motifs is 1. The van der Waals surface area contributed by atoms with Crippen LogP contribution in [0.3, 0.4) is 0 Å². The molecular weight excluding hydrogens is 274 g/mol. The number of nitrogens with zero attached hydrogens (tertiary/aromatic N) is 1. The predicted molar refractivity (Wildman–Crippen MR) is 75.8 cm³/mol. The highest BCUT2D eigenvalue weighted by molar-refractivity contribution is 5.74. The van der Waals surface area contributed by atoms with E-state index in [1.54, 1.807) is 11.8 Å². The first-order valence-corrected chi connectivity index (χ1v) is 7.59. The van der Waals surface area contributed by atoms with Gasteiger partial charge in [-0.15, -0.1) is 0 Å². The molecule has 6 nitrogen and oxygen atoms in total. The van der Waals surface area contributed by atoms with E-state index < -0.39 is 5.60 Å². The molecule has 21 heavy (non-hydrogen) atoms. The van der Waals surface area contributed by atoms with Crippen molar-refractivity contribution >= 4 is 12.1 Å². The number of amides is 1. The van der Waals surface area contributed by atoms with Gasteiger partial charge in [-0.3, -0.25) is 4.79 Å². The summed E-state index contributed by atoms with van der Waals surface area (Å²) in [7, 11) is 0. The van der Waals surface area contributed by atoms with Crippen LogP contribution in [0.5, 0.6) is 0 Å². The number of hydrogen-bond donors (Lipinski definition) is 0. The lowest BCUT2D eigenvalue weighted by Crippen LogP contribution is -2.52. The minimum Gasteiger partial charge on any atom is -0.466 e. The van der Waals surface area contributed by atoms with Crippen LogP contribution in [0.2, 0.25) is 0 Å². The van der Waals surface area contributed by atoms with Crippen molar-refractivity contribution in [1.82, 2.24) is 4.90 Å². The largest absolute Gasteiger partial charge is 0.466 e. The molecule has 1 aliphatic carbocycles. The molecule has 1 aliphatic heterocycles. The summed E-state index contributed by atoms with van der Waals surface area (Å²) in [5.41, 5.74) is -0.524. The zero-order valence-electron chi connectivity index (χ0n) is 13.3. The van der Waals surface area contributed by atoms with Crippen LogP contribution in [0.25, 0.3) is 0 Å². The molecule has 0 aromatic carbocycles. The third-order valence-corrected chi connectivity index (χ3v) is 3.78. The lowest BCUT2D eigenvalue weighted by Gasteiger charge is -2.38. The molecular formula is C15H25NO5. The number of carbonyl (C=O) groups excluding carboxylic acids is 2. The fraction of sp³-hybridized carbons (Fsp3) is 0.867. The molecule has 0 bridgehead atoms. The van der Waals surface area contributed by atoms with Gasteiger partial charge >= 0.3 is 12.1 Å². The number of ether oxygens (including phenoxy) is 3. The average Bonchev–Trinajstić information content (AvgIpc) is 2.80. The van der Waals surface area contributed by atoms with Gasteiger partial charge < -0.3 is 19.1 Å². The standard InChI is InChI=1S/C15H25NO5/c1-5-19-13(17)10-8-11-12(9-10)20-7-6-16(11)14(18)21-15(2,3)4/h10-12H,5-9H2,1-4H3/t10-,11-,12-/m0/s1.